The van der Waals surface area contributed by atoms with Gasteiger partial charge in [0.05, 0.1) is 5.52 Å². The molecule has 62 valence electrons. The summed E-state index contributed by atoms with van der Waals surface area (Å²) < 4.78 is 0.832. The number of H-pyrrole nitrogens is 1. The Morgan fingerprint density at radius 3 is 2.83 bits per heavy atom. The Balaban J connectivity index is 2.88. The first-order valence-electron chi connectivity index (χ1n) is 3.66. The number of hydrogen-bond acceptors (Lipinski definition) is 2. The molecule has 1 N–H and O–H groups in total. The molecule has 0 spiro atoms. The molecule has 2 aromatic heterocycles. The van der Waals surface area contributed by atoms with Crippen LogP contribution in [0.4, 0.5) is 0 Å². The van der Waals surface area contributed by atoms with Gasteiger partial charge in [-0.05, 0) is 41.4 Å². The zero-order chi connectivity index (χ0) is 8.72. The second-order valence-electron chi connectivity index (χ2n) is 2.78. The number of fused-ring (bicyclic) bond motifs is 1. The van der Waals surface area contributed by atoms with E-state index in [4.69, 9.17) is 0 Å². The van der Waals surface area contributed by atoms with Gasteiger partial charge >= 0.3 is 0 Å². The molecular formula is C8H8BrN3. The lowest BCUT2D eigenvalue weighted by molar-refractivity contribution is 1.16. The number of nitrogens with one attached hydrogen (secondary N) is 1. The van der Waals surface area contributed by atoms with E-state index in [1.165, 1.54) is 0 Å². The standard InChI is InChI=1S/C8H8BrN3/c1-4-3-6(9)12-8-7(4)10-5(2)11-8/h3H,1-2H3,(H,10,11,12). The van der Waals surface area contributed by atoms with Crippen LogP contribution >= 0.6 is 15.9 Å². The topological polar surface area (TPSA) is 41.6 Å². The summed E-state index contributed by atoms with van der Waals surface area (Å²) >= 11 is 3.33. The molecule has 0 unspecified atom stereocenters. The van der Waals surface area contributed by atoms with Crippen molar-refractivity contribution >= 4 is 27.1 Å². The number of imidazole rings is 1. The highest BCUT2D eigenvalue weighted by atomic mass is 79.9. The van der Waals surface area contributed by atoms with Crippen LogP contribution in [0.1, 0.15) is 11.4 Å². The molecule has 0 aromatic carbocycles. The fourth-order valence-corrected chi connectivity index (χ4v) is 1.73. The predicted molar refractivity (Wildman–Crippen MR) is 51.1 cm³/mol. The Kier molecular flexibility index (Phi) is 1.65. The molecule has 0 aliphatic heterocycles. The number of nitrogens with zero attached hydrogens (tertiary/aromatic N) is 2. The molecule has 0 atom stereocenters. The zero-order valence-electron chi connectivity index (χ0n) is 6.85. The first kappa shape index (κ1) is 7.73. The summed E-state index contributed by atoms with van der Waals surface area (Å²) in [4.78, 5) is 11.6. The number of rotatable bonds is 0. The van der Waals surface area contributed by atoms with E-state index in [2.05, 4.69) is 30.9 Å². The third-order valence-electron chi connectivity index (χ3n) is 1.75. The van der Waals surface area contributed by atoms with Gasteiger partial charge in [0.2, 0.25) is 0 Å². The maximum atomic E-state index is 4.24. The summed E-state index contributed by atoms with van der Waals surface area (Å²) in [5, 5.41) is 0. The number of aromatic amines is 1. The quantitative estimate of drug-likeness (QED) is 0.700. The number of aryl methyl sites for hydroxylation is 2. The molecule has 3 nitrogen and oxygen atoms in total. The van der Waals surface area contributed by atoms with Crippen molar-refractivity contribution in [1.29, 1.82) is 0 Å². The summed E-state index contributed by atoms with van der Waals surface area (Å²) in [6, 6.07) is 1.97. The molecule has 0 bridgehead atoms. The average molecular weight is 226 g/mol. The summed E-state index contributed by atoms with van der Waals surface area (Å²) in [5.74, 6) is 0.902. The van der Waals surface area contributed by atoms with Crippen molar-refractivity contribution in [2.24, 2.45) is 0 Å². The number of pyridine rings is 1. The SMILES string of the molecule is Cc1nc2nc(Br)cc(C)c2[nH]1. The van der Waals surface area contributed by atoms with Gasteiger partial charge in [-0.1, -0.05) is 0 Å². The summed E-state index contributed by atoms with van der Waals surface area (Å²) in [6.07, 6.45) is 0. The molecule has 4 heteroatoms. The molecule has 12 heavy (non-hydrogen) atoms. The number of hydrogen-bond donors (Lipinski definition) is 1. The van der Waals surface area contributed by atoms with Crippen LogP contribution in [0.25, 0.3) is 11.2 Å². The monoisotopic (exact) mass is 225 g/mol. The molecule has 0 saturated carbocycles. The minimum atomic E-state index is 0.777. The van der Waals surface area contributed by atoms with Crippen LogP contribution in [0.2, 0.25) is 0 Å². The van der Waals surface area contributed by atoms with Crippen LogP contribution < -0.4 is 0 Å². The third-order valence-corrected chi connectivity index (χ3v) is 2.15. The lowest BCUT2D eigenvalue weighted by Gasteiger charge is -1.94. The van der Waals surface area contributed by atoms with Crippen LogP contribution in [0.3, 0.4) is 0 Å². The van der Waals surface area contributed by atoms with Crippen molar-refractivity contribution in [2.75, 3.05) is 0 Å². The molecule has 0 aliphatic rings. The largest absolute Gasteiger partial charge is 0.341 e. The highest BCUT2D eigenvalue weighted by Gasteiger charge is 2.04. The molecule has 0 radical (unpaired) electrons. The van der Waals surface area contributed by atoms with E-state index in [1.54, 1.807) is 0 Å². The smallest absolute Gasteiger partial charge is 0.179 e. The van der Waals surface area contributed by atoms with E-state index in [0.29, 0.717) is 0 Å². The highest BCUT2D eigenvalue weighted by Crippen LogP contribution is 2.17. The van der Waals surface area contributed by atoms with E-state index in [0.717, 1.165) is 27.2 Å². The fourth-order valence-electron chi connectivity index (χ4n) is 1.22. The van der Waals surface area contributed by atoms with Crippen molar-refractivity contribution in [1.82, 2.24) is 15.0 Å². The molecule has 0 aliphatic carbocycles. The predicted octanol–water partition coefficient (Wildman–Crippen LogP) is 2.34. The molecule has 0 amide bonds. The van der Waals surface area contributed by atoms with E-state index >= 15 is 0 Å². The summed E-state index contributed by atoms with van der Waals surface area (Å²) in [5.41, 5.74) is 2.96. The lowest BCUT2D eigenvalue weighted by atomic mass is 10.3. The van der Waals surface area contributed by atoms with E-state index in [-0.39, 0.29) is 0 Å². The van der Waals surface area contributed by atoms with Crippen molar-refractivity contribution in [2.45, 2.75) is 13.8 Å². The van der Waals surface area contributed by atoms with Crippen LogP contribution in [-0.4, -0.2) is 15.0 Å². The first-order chi connectivity index (χ1) is 5.66. The van der Waals surface area contributed by atoms with Gasteiger partial charge in [0.1, 0.15) is 10.4 Å². The Hall–Kier alpha value is -0.900. The maximum Gasteiger partial charge on any atom is 0.179 e. The van der Waals surface area contributed by atoms with Crippen molar-refractivity contribution < 1.29 is 0 Å². The molecule has 0 fully saturated rings. The highest BCUT2D eigenvalue weighted by molar-refractivity contribution is 9.10. The Morgan fingerprint density at radius 2 is 2.08 bits per heavy atom. The van der Waals surface area contributed by atoms with Crippen molar-refractivity contribution in [3.63, 3.8) is 0 Å². The minimum absolute atomic E-state index is 0.777. The van der Waals surface area contributed by atoms with Gasteiger partial charge in [0.25, 0.3) is 0 Å². The summed E-state index contributed by atoms with van der Waals surface area (Å²) in [7, 11) is 0. The van der Waals surface area contributed by atoms with Crippen molar-refractivity contribution in [3.05, 3.63) is 22.1 Å². The second-order valence-corrected chi connectivity index (χ2v) is 3.60. The lowest BCUT2D eigenvalue weighted by Crippen LogP contribution is -1.82. The van der Waals surface area contributed by atoms with Crippen LogP contribution in [0.15, 0.2) is 10.7 Å². The normalized spacial score (nSPS) is 10.9. The summed E-state index contributed by atoms with van der Waals surface area (Å²) in [6.45, 7) is 3.96. The maximum absolute atomic E-state index is 4.24. The second kappa shape index (κ2) is 2.55. The van der Waals surface area contributed by atoms with Crippen LogP contribution in [0, 0.1) is 13.8 Å². The third kappa shape index (κ3) is 1.12. The van der Waals surface area contributed by atoms with Gasteiger partial charge in [-0.25, -0.2) is 9.97 Å². The Bertz CT molecular complexity index is 433. The Labute approximate surface area is 78.4 Å². The minimum Gasteiger partial charge on any atom is -0.341 e. The average Bonchev–Trinajstić information content (AvgIpc) is 2.29. The van der Waals surface area contributed by atoms with Gasteiger partial charge in [0.15, 0.2) is 5.65 Å². The molecule has 2 rings (SSSR count). The Morgan fingerprint density at radius 1 is 1.33 bits per heavy atom. The zero-order valence-corrected chi connectivity index (χ0v) is 8.44. The van der Waals surface area contributed by atoms with Gasteiger partial charge in [-0.15, -0.1) is 0 Å². The van der Waals surface area contributed by atoms with Gasteiger partial charge in [-0.2, -0.15) is 0 Å². The first-order valence-corrected chi connectivity index (χ1v) is 4.45. The fraction of sp³-hybridized carbons (Fsp3) is 0.250. The molecule has 2 aromatic rings. The van der Waals surface area contributed by atoms with Crippen LogP contribution in [0.5, 0.6) is 0 Å². The molecule has 0 saturated heterocycles. The van der Waals surface area contributed by atoms with Crippen LogP contribution in [-0.2, 0) is 0 Å². The number of aromatic nitrogens is 3. The van der Waals surface area contributed by atoms with E-state index in [1.807, 2.05) is 19.9 Å². The van der Waals surface area contributed by atoms with E-state index < -0.39 is 0 Å². The van der Waals surface area contributed by atoms with Gasteiger partial charge in [0, 0.05) is 0 Å². The number of halogens is 1. The van der Waals surface area contributed by atoms with Gasteiger partial charge in [-0.3, -0.25) is 0 Å². The van der Waals surface area contributed by atoms with Gasteiger partial charge < -0.3 is 4.98 Å². The molecular weight excluding hydrogens is 218 g/mol. The van der Waals surface area contributed by atoms with E-state index in [9.17, 15) is 0 Å². The molecule has 2 heterocycles. The van der Waals surface area contributed by atoms with Crippen molar-refractivity contribution in [3.8, 4) is 0 Å².